The Kier molecular flexibility index (Phi) is 4.12. The summed E-state index contributed by atoms with van der Waals surface area (Å²) in [6.45, 7) is 1.14. The lowest BCUT2D eigenvalue weighted by molar-refractivity contribution is 0.0701. The van der Waals surface area contributed by atoms with E-state index in [1.54, 1.807) is 18.4 Å². The number of amides is 1. The maximum atomic E-state index is 13.2. The standard InChI is InChI=1S/C19H19NO3S/c1-22-12-14-13-6-2-3-8-16(13)23-18(14)19(21)20-10-4-7-15(20)17-9-5-11-24-17/h2-3,5-6,8-9,11,15H,4,7,10,12H2,1H3. The number of carbonyl (C=O) groups is 1. The van der Waals surface area contributed by atoms with Crippen molar-refractivity contribution in [3.8, 4) is 0 Å². The fourth-order valence-corrected chi connectivity index (χ4v) is 4.35. The number of nitrogens with zero attached hydrogens (tertiary/aromatic N) is 1. The van der Waals surface area contributed by atoms with E-state index >= 15 is 0 Å². The van der Waals surface area contributed by atoms with Gasteiger partial charge in [0.15, 0.2) is 5.76 Å². The van der Waals surface area contributed by atoms with Gasteiger partial charge in [0.25, 0.3) is 5.91 Å². The molecule has 3 heterocycles. The Morgan fingerprint density at radius 2 is 2.21 bits per heavy atom. The van der Waals surface area contributed by atoms with Crippen molar-refractivity contribution in [1.29, 1.82) is 0 Å². The van der Waals surface area contributed by atoms with Gasteiger partial charge in [-0.25, -0.2) is 0 Å². The fraction of sp³-hybridized carbons (Fsp3) is 0.316. The zero-order valence-electron chi connectivity index (χ0n) is 13.5. The van der Waals surface area contributed by atoms with Gasteiger partial charge in [-0.2, -0.15) is 0 Å². The fourth-order valence-electron chi connectivity index (χ4n) is 3.48. The minimum Gasteiger partial charge on any atom is -0.451 e. The Morgan fingerprint density at radius 1 is 1.33 bits per heavy atom. The zero-order valence-corrected chi connectivity index (χ0v) is 14.3. The van der Waals surface area contributed by atoms with Crippen molar-refractivity contribution in [2.45, 2.75) is 25.5 Å². The monoisotopic (exact) mass is 341 g/mol. The van der Waals surface area contributed by atoms with E-state index in [2.05, 4.69) is 11.4 Å². The summed E-state index contributed by atoms with van der Waals surface area (Å²) in [5.74, 6) is 0.385. The van der Waals surface area contributed by atoms with Crippen molar-refractivity contribution >= 4 is 28.2 Å². The number of carbonyl (C=O) groups excluding carboxylic acids is 1. The molecule has 124 valence electrons. The number of hydrogen-bond acceptors (Lipinski definition) is 4. The molecule has 1 aliphatic rings. The van der Waals surface area contributed by atoms with E-state index in [9.17, 15) is 4.79 Å². The van der Waals surface area contributed by atoms with Crippen LogP contribution >= 0.6 is 11.3 Å². The predicted octanol–water partition coefficient (Wildman–Crippen LogP) is 4.62. The second-order valence-electron chi connectivity index (χ2n) is 6.01. The first kappa shape index (κ1) is 15.4. The quantitative estimate of drug-likeness (QED) is 0.695. The number of methoxy groups -OCH3 is 1. The molecule has 1 saturated heterocycles. The maximum absolute atomic E-state index is 13.2. The van der Waals surface area contributed by atoms with E-state index in [0.717, 1.165) is 35.9 Å². The molecule has 0 N–H and O–H groups in total. The normalized spacial score (nSPS) is 17.7. The number of ether oxygens (including phenoxy) is 1. The molecule has 2 aromatic heterocycles. The van der Waals surface area contributed by atoms with Gasteiger partial charge in [0.2, 0.25) is 0 Å². The third kappa shape index (κ3) is 2.54. The number of rotatable bonds is 4. The van der Waals surface area contributed by atoms with Crippen molar-refractivity contribution in [3.05, 3.63) is 58.0 Å². The summed E-state index contributed by atoms with van der Waals surface area (Å²) in [6.07, 6.45) is 2.03. The summed E-state index contributed by atoms with van der Waals surface area (Å²) >= 11 is 1.71. The van der Waals surface area contributed by atoms with Crippen LogP contribution < -0.4 is 0 Å². The van der Waals surface area contributed by atoms with E-state index in [4.69, 9.17) is 9.15 Å². The van der Waals surface area contributed by atoms with Gasteiger partial charge in [0.1, 0.15) is 5.58 Å². The van der Waals surface area contributed by atoms with Crippen LogP contribution in [0.5, 0.6) is 0 Å². The lowest BCUT2D eigenvalue weighted by atomic mass is 10.1. The molecule has 3 aromatic rings. The van der Waals surface area contributed by atoms with E-state index < -0.39 is 0 Å². The van der Waals surface area contributed by atoms with Gasteiger partial charge in [-0.3, -0.25) is 4.79 Å². The minimum absolute atomic E-state index is 0.0332. The van der Waals surface area contributed by atoms with Gasteiger partial charge in [-0.05, 0) is 30.4 Å². The van der Waals surface area contributed by atoms with E-state index in [0.29, 0.717) is 12.4 Å². The van der Waals surface area contributed by atoms with E-state index in [-0.39, 0.29) is 11.9 Å². The first-order valence-corrected chi connectivity index (χ1v) is 9.01. The van der Waals surface area contributed by atoms with Crippen LogP contribution in [0, 0.1) is 0 Å². The number of furan rings is 1. The SMILES string of the molecule is COCc1c(C(=O)N2CCCC2c2cccs2)oc2ccccc12. The van der Waals surface area contributed by atoms with Crippen molar-refractivity contribution < 1.29 is 13.9 Å². The van der Waals surface area contributed by atoms with Crippen LogP contribution in [0.2, 0.25) is 0 Å². The predicted molar refractivity (Wildman–Crippen MR) is 94.3 cm³/mol. The maximum Gasteiger partial charge on any atom is 0.290 e. The molecule has 0 spiro atoms. The summed E-state index contributed by atoms with van der Waals surface area (Å²) in [7, 11) is 1.64. The smallest absolute Gasteiger partial charge is 0.290 e. The Balaban J connectivity index is 1.74. The van der Waals surface area contributed by atoms with Crippen LogP contribution in [0.4, 0.5) is 0 Å². The Morgan fingerprint density at radius 3 is 3.00 bits per heavy atom. The summed E-state index contributed by atoms with van der Waals surface area (Å²) in [5.41, 5.74) is 1.58. The molecule has 5 heteroatoms. The molecule has 0 saturated carbocycles. The van der Waals surface area contributed by atoms with Gasteiger partial charge < -0.3 is 14.1 Å². The molecule has 24 heavy (non-hydrogen) atoms. The molecule has 0 radical (unpaired) electrons. The lowest BCUT2D eigenvalue weighted by Crippen LogP contribution is -2.30. The lowest BCUT2D eigenvalue weighted by Gasteiger charge is -2.23. The zero-order chi connectivity index (χ0) is 16.5. The largest absolute Gasteiger partial charge is 0.451 e. The molecular weight excluding hydrogens is 322 g/mol. The third-order valence-electron chi connectivity index (χ3n) is 4.57. The van der Waals surface area contributed by atoms with Gasteiger partial charge in [-0.1, -0.05) is 24.3 Å². The first-order valence-electron chi connectivity index (χ1n) is 8.13. The first-order chi connectivity index (χ1) is 11.8. The molecule has 1 atom stereocenters. The van der Waals surface area contributed by atoms with Gasteiger partial charge in [-0.15, -0.1) is 11.3 Å². The van der Waals surface area contributed by atoms with Crippen LogP contribution in [0.25, 0.3) is 11.0 Å². The highest BCUT2D eigenvalue weighted by molar-refractivity contribution is 7.10. The Bertz CT molecular complexity index is 853. The van der Waals surface area contributed by atoms with E-state index in [1.165, 1.54) is 4.88 Å². The van der Waals surface area contributed by atoms with Crippen LogP contribution in [0.3, 0.4) is 0 Å². The molecule has 0 aliphatic carbocycles. The van der Waals surface area contributed by atoms with Crippen molar-refractivity contribution in [1.82, 2.24) is 4.90 Å². The molecule has 1 unspecified atom stereocenters. The average Bonchev–Trinajstić information content (AvgIpc) is 3.34. The second-order valence-corrected chi connectivity index (χ2v) is 6.99. The van der Waals surface area contributed by atoms with Gasteiger partial charge >= 0.3 is 0 Å². The number of benzene rings is 1. The van der Waals surface area contributed by atoms with Crippen LogP contribution in [0.15, 0.2) is 46.2 Å². The highest BCUT2D eigenvalue weighted by Gasteiger charge is 2.34. The van der Waals surface area contributed by atoms with Gasteiger partial charge in [0, 0.05) is 29.5 Å². The second kappa shape index (κ2) is 6.42. The Labute approximate surface area is 144 Å². The van der Waals surface area contributed by atoms with Crippen LogP contribution in [-0.4, -0.2) is 24.5 Å². The van der Waals surface area contributed by atoms with Crippen LogP contribution in [0.1, 0.15) is 39.9 Å². The Hall–Kier alpha value is -2.11. The minimum atomic E-state index is -0.0332. The molecule has 1 aliphatic heterocycles. The molecule has 0 bridgehead atoms. The number of para-hydroxylation sites is 1. The number of thiophene rings is 1. The molecule has 4 nitrogen and oxygen atoms in total. The average molecular weight is 341 g/mol. The van der Waals surface area contributed by atoms with E-state index in [1.807, 2.05) is 35.2 Å². The van der Waals surface area contributed by atoms with Crippen molar-refractivity contribution in [2.75, 3.05) is 13.7 Å². The highest BCUT2D eigenvalue weighted by atomic mass is 32.1. The van der Waals surface area contributed by atoms with Crippen molar-refractivity contribution in [3.63, 3.8) is 0 Å². The number of hydrogen-bond donors (Lipinski definition) is 0. The van der Waals surface area contributed by atoms with Crippen molar-refractivity contribution in [2.24, 2.45) is 0 Å². The molecular formula is C19H19NO3S. The number of fused-ring (bicyclic) bond motifs is 1. The molecule has 1 fully saturated rings. The molecule has 4 rings (SSSR count). The molecule has 1 aromatic carbocycles. The summed E-state index contributed by atoms with van der Waals surface area (Å²) in [4.78, 5) is 16.4. The summed E-state index contributed by atoms with van der Waals surface area (Å²) in [6, 6.07) is 12.0. The van der Waals surface area contributed by atoms with Gasteiger partial charge in [0.05, 0.1) is 12.6 Å². The highest BCUT2D eigenvalue weighted by Crippen LogP contribution is 2.37. The topological polar surface area (TPSA) is 42.7 Å². The van der Waals surface area contributed by atoms with Crippen LogP contribution in [-0.2, 0) is 11.3 Å². The number of likely N-dealkylation sites (tertiary alicyclic amines) is 1. The molecule has 1 amide bonds. The third-order valence-corrected chi connectivity index (χ3v) is 5.54. The summed E-state index contributed by atoms with van der Waals surface area (Å²) < 4.78 is 11.2. The summed E-state index contributed by atoms with van der Waals surface area (Å²) in [5, 5.41) is 3.02.